The molecule has 0 atom stereocenters. The Kier molecular flexibility index (Phi) is 3.96. The number of aryl methyl sites for hydroxylation is 4. The average Bonchev–Trinajstić information content (AvgIpc) is 2.97. The normalized spacial score (nSPS) is 11.1. The van der Waals surface area contributed by atoms with Gasteiger partial charge in [0.2, 0.25) is 5.78 Å². The predicted molar refractivity (Wildman–Crippen MR) is 107 cm³/mol. The number of rotatable bonds is 3. The zero-order valence-electron chi connectivity index (χ0n) is 15.5. The van der Waals surface area contributed by atoms with E-state index in [0.717, 1.165) is 39.9 Å². The minimum Gasteiger partial charge on any atom is -0.339 e. The molecule has 4 rings (SSSR count). The van der Waals surface area contributed by atoms with E-state index in [-0.39, 0.29) is 0 Å². The minimum absolute atomic E-state index is 0.718. The number of fused-ring (bicyclic) bond motifs is 1. The molecule has 0 saturated carbocycles. The number of aromatic nitrogens is 3. The highest BCUT2D eigenvalue weighted by Gasteiger charge is 2.18. The summed E-state index contributed by atoms with van der Waals surface area (Å²) in [5.74, 6) is 1.67. The van der Waals surface area contributed by atoms with Crippen molar-refractivity contribution in [1.29, 1.82) is 0 Å². The SMILES string of the molecule is Cc1cc(C)n2c(Nc3c(C)cccc3C)c(-c3ccccc3)nc2n1. The molecule has 4 aromatic rings. The van der Waals surface area contributed by atoms with Crippen LogP contribution in [0.25, 0.3) is 17.0 Å². The van der Waals surface area contributed by atoms with Crippen molar-refractivity contribution in [1.82, 2.24) is 14.4 Å². The molecule has 1 N–H and O–H groups in total. The zero-order valence-corrected chi connectivity index (χ0v) is 15.5. The summed E-state index contributed by atoms with van der Waals surface area (Å²) in [6, 6.07) is 18.7. The Labute approximate surface area is 153 Å². The summed E-state index contributed by atoms with van der Waals surface area (Å²) in [4.78, 5) is 9.49. The number of nitrogens with zero attached hydrogens (tertiary/aromatic N) is 3. The lowest BCUT2D eigenvalue weighted by atomic mass is 10.1. The van der Waals surface area contributed by atoms with Crippen LogP contribution >= 0.6 is 0 Å². The highest BCUT2D eigenvalue weighted by atomic mass is 15.2. The molecule has 0 amide bonds. The second-order valence-corrected chi connectivity index (χ2v) is 6.74. The van der Waals surface area contributed by atoms with Crippen LogP contribution in [0.15, 0.2) is 54.6 Å². The largest absolute Gasteiger partial charge is 0.339 e. The Hall–Kier alpha value is -3.14. The third kappa shape index (κ3) is 2.73. The minimum atomic E-state index is 0.718. The molecule has 2 heterocycles. The lowest BCUT2D eigenvalue weighted by Gasteiger charge is -2.15. The van der Waals surface area contributed by atoms with Crippen molar-refractivity contribution >= 4 is 17.3 Å². The number of hydrogen-bond acceptors (Lipinski definition) is 3. The molecule has 0 unspecified atom stereocenters. The average molecular weight is 342 g/mol. The molecule has 0 aliphatic carbocycles. The number of benzene rings is 2. The van der Waals surface area contributed by atoms with Crippen LogP contribution in [0.3, 0.4) is 0 Å². The summed E-state index contributed by atoms with van der Waals surface area (Å²) in [7, 11) is 0. The lowest BCUT2D eigenvalue weighted by Crippen LogP contribution is -2.03. The molecule has 130 valence electrons. The van der Waals surface area contributed by atoms with Gasteiger partial charge in [-0.2, -0.15) is 0 Å². The van der Waals surface area contributed by atoms with Crippen LogP contribution < -0.4 is 5.32 Å². The molecule has 0 spiro atoms. The van der Waals surface area contributed by atoms with Crippen LogP contribution in [-0.4, -0.2) is 14.4 Å². The molecule has 2 aromatic carbocycles. The Bertz CT molecular complexity index is 1070. The van der Waals surface area contributed by atoms with Gasteiger partial charge in [-0.3, -0.25) is 4.40 Å². The van der Waals surface area contributed by atoms with Crippen LogP contribution in [-0.2, 0) is 0 Å². The summed E-state index contributed by atoms with van der Waals surface area (Å²) < 4.78 is 2.10. The zero-order chi connectivity index (χ0) is 18.3. The standard InChI is InChI=1S/C22H22N4/c1-14-9-8-10-15(2)19(14)24-21-20(18-11-6-5-7-12-18)25-22-23-16(3)13-17(4)26(21)22/h5-13,24H,1-4H3. The summed E-state index contributed by atoms with van der Waals surface area (Å²) in [5, 5.41) is 3.65. The van der Waals surface area contributed by atoms with Crippen molar-refractivity contribution in [2.24, 2.45) is 0 Å². The van der Waals surface area contributed by atoms with Crippen molar-refractivity contribution in [3.05, 3.63) is 77.1 Å². The van der Waals surface area contributed by atoms with Gasteiger partial charge in [0, 0.05) is 22.6 Å². The summed E-state index contributed by atoms with van der Waals surface area (Å²) in [5.41, 5.74) is 7.59. The van der Waals surface area contributed by atoms with Crippen LogP contribution in [0.2, 0.25) is 0 Å². The lowest BCUT2D eigenvalue weighted by molar-refractivity contribution is 1.02. The molecule has 0 bridgehead atoms. The quantitative estimate of drug-likeness (QED) is 0.544. The van der Waals surface area contributed by atoms with Gasteiger partial charge in [-0.1, -0.05) is 48.5 Å². The van der Waals surface area contributed by atoms with Crippen molar-refractivity contribution in [2.45, 2.75) is 27.7 Å². The predicted octanol–water partition coefficient (Wildman–Crippen LogP) is 5.37. The van der Waals surface area contributed by atoms with Crippen molar-refractivity contribution in [2.75, 3.05) is 5.32 Å². The van der Waals surface area contributed by atoms with Gasteiger partial charge >= 0.3 is 0 Å². The monoisotopic (exact) mass is 342 g/mol. The van der Waals surface area contributed by atoms with Crippen molar-refractivity contribution in [3.8, 4) is 11.3 Å². The van der Waals surface area contributed by atoms with Crippen LogP contribution in [0, 0.1) is 27.7 Å². The maximum atomic E-state index is 4.85. The van der Waals surface area contributed by atoms with Crippen molar-refractivity contribution < 1.29 is 0 Å². The van der Waals surface area contributed by atoms with Crippen LogP contribution in [0.4, 0.5) is 11.5 Å². The molecule has 0 saturated heterocycles. The molecule has 0 fully saturated rings. The van der Waals surface area contributed by atoms with Crippen molar-refractivity contribution in [3.63, 3.8) is 0 Å². The summed E-state index contributed by atoms with van der Waals surface area (Å²) in [6.45, 7) is 8.34. The van der Waals surface area contributed by atoms with E-state index in [4.69, 9.17) is 4.98 Å². The molecule has 26 heavy (non-hydrogen) atoms. The second kappa shape index (κ2) is 6.30. The molecule has 0 aliphatic heterocycles. The topological polar surface area (TPSA) is 42.2 Å². The van der Waals surface area contributed by atoms with E-state index in [1.165, 1.54) is 11.1 Å². The first-order valence-corrected chi connectivity index (χ1v) is 8.80. The fraction of sp³-hybridized carbons (Fsp3) is 0.182. The first-order chi connectivity index (χ1) is 12.5. The van der Waals surface area contributed by atoms with Crippen LogP contribution in [0.5, 0.6) is 0 Å². The third-order valence-corrected chi connectivity index (χ3v) is 4.68. The number of hydrogen-bond donors (Lipinski definition) is 1. The third-order valence-electron chi connectivity index (χ3n) is 4.68. The van der Waals surface area contributed by atoms with Gasteiger partial charge in [0.05, 0.1) is 0 Å². The Morgan fingerprint density at radius 3 is 2.19 bits per heavy atom. The highest BCUT2D eigenvalue weighted by Crippen LogP contribution is 2.33. The molecular formula is C22H22N4. The fourth-order valence-electron chi connectivity index (χ4n) is 3.42. The van der Waals surface area contributed by atoms with E-state index < -0.39 is 0 Å². The van der Waals surface area contributed by atoms with E-state index >= 15 is 0 Å². The van der Waals surface area contributed by atoms with Gasteiger partial charge in [0.1, 0.15) is 11.5 Å². The van der Waals surface area contributed by atoms with Crippen LogP contribution in [0.1, 0.15) is 22.5 Å². The van der Waals surface area contributed by atoms with Gasteiger partial charge in [-0.15, -0.1) is 0 Å². The number of imidazole rings is 1. The maximum Gasteiger partial charge on any atom is 0.236 e. The molecular weight excluding hydrogens is 320 g/mol. The smallest absolute Gasteiger partial charge is 0.236 e. The van der Waals surface area contributed by atoms with E-state index in [1.807, 2.05) is 25.1 Å². The first kappa shape index (κ1) is 16.3. The first-order valence-electron chi connectivity index (χ1n) is 8.80. The molecule has 4 nitrogen and oxygen atoms in total. The van der Waals surface area contributed by atoms with Gasteiger partial charge in [-0.25, -0.2) is 9.97 Å². The van der Waals surface area contributed by atoms with E-state index in [0.29, 0.717) is 0 Å². The Balaban J connectivity index is 2.00. The maximum absolute atomic E-state index is 4.85. The van der Waals surface area contributed by atoms with Gasteiger partial charge < -0.3 is 5.32 Å². The number of nitrogens with one attached hydrogen (secondary N) is 1. The molecule has 4 heteroatoms. The Morgan fingerprint density at radius 1 is 0.808 bits per heavy atom. The number of para-hydroxylation sites is 1. The van der Waals surface area contributed by atoms with Gasteiger partial charge in [0.25, 0.3) is 0 Å². The fourth-order valence-corrected chi connectivity index (χ4v) is 3.42. The summed E-state index contributed by atoms with van der Waals surface area (Å²) >= 11 is 0. The molecule has 2 aromatic heterocycles. The van der Waals surface area contributed by atoms with E-state index in [9.17, 15) is 0 Å². The van der Waals surface area contributed by atoms with E-state index in [1.54, 1.807) is 0 Å². The molecule has 0 aliphatic rings. The van der Waals surface area contributed by atoms with E-state index in [2.05, 4.69) is 71.9 Å². The Morgan fingerprint density at radius 2 is 1.50 bits per heavy atom. The van der Waals surface area contributed by atoms with Gasteiger partial charge in [0.15, 0.2) is 0 Å². The summed E-state index contributed by atoms with van der Waals surface area (Å²) in [6.07, 6.45) is 0. The van der Waals surface area contributed by atoms with Gasteiger partial charge in [-0.05, 0) is 44.9 Å². The molecule has 0 radical (unpaired) electrons. The second-order valence-electron chi connectivity index (χ2n) is 6.74. The highest BCUT2D eigenvalue weighted by molar-refractivity contribution is 5.80. The number of anilines is 2.